The number of unbranched alkanes of at least 4 members (excludes halogenated alkanes) is 8. The molecule has 0 N–H and O–H groups in total. The summed E-state index contributed by atoms with van der Waals surface area (Å²) in [6.45, 7) is 5.29. The van der Waals surface area contributed by atoms with Crippen LogP contribution in [0.4, 0.5) is 0 Å². The van der Waals surface area contributed by atoms with Gasteiger partial charge < -0.3 is 0 Å². The lowest BCUT2D eigenvalue weighted by atomic mass is 10.2. The van der Waals surface area contributed by atoms with Crippen LogP contribution in [0.15, 0.2) is 0 Å². The molecule has 0 spiro atoms. The maximum Gasteiger partial charge on any atom is 0.477 e. The summed E-state index contributed by atoms with van der Waals surface area (Å²) >= 11 is 0. The Balaban J connectivity index is 3.12. The number of hydrogen-bond donors (Lipinski definition) is 0. The van der Waals surface area contributed by atoms with E-state index in [0.29, 0.717) is 13.2 Å². The van der Waals surface area contributed by atoms with Gasteiger partial charge in [-0.05, 0) is 25.7 Å². The third kappa shape index (κ3) is 13.3. The maximum atomic E-state index is 11.1. The predicted octanol–water partition coefficient (Wildman–Crippen LogP) is 4.57. The molecule has 0 radical (unpaired) electrons. The van der Waals surface area contributed by atoms with E-state index < -0.39 is 0 Å². The van der Waals surface area contributed by atoms with Crippen molar-refractivity contribution in [1.82, 2.24) is 0 Å². The molecule has 0 heterocycles. The summed E-state index contributed by atoms with van der Waals surface area (Å²) in [5.74, 6) is 0. The Hall–Kier alpha value is -0.800. The minimum atomic E-state index is 0.277. The van der Waals surface area contributed by atoms with Crippen LogP contribution < -0.4 is 0 Å². The highest BCUT2D eigenvalue weighted by Gasteiger charge is 2.10. The average molecular weight is 260 g/mol. The minimum Gasteiger partial charge on any atom is -0.187 e. The first-order valence-corrected chi connectivity index (χ1v) is 7.54. The minimum absolute atomic E-state index is 0.277. The van der Waals surface area contributed by atoms with Crippen LogP contribution in [0.25, 0.3) is 0 Å². The van der Waals surface area contributed by atoms with Crippen molar-refractivity contribution in [1.29, 1.82) is 0 Å². The van der Waals surface area contributed by atoms with Gasteiger partial charge in [-0.15, -0.1) is 0 Å². The summed E-state index contributed by atoms with van der Waals surface area (Å²) in [7, 11) is 0. The van der Waals surface area contributed by atoms with Crippen LogP contribution in [0.5, 0.6) is 0 Å². The van der Waals surface area contributed by atoms with Crippen LogP contribution in [0.1, 0.15) is 78.1 Å². The van der Waals surface area contributed by atoms with Crippen molar-refractivity contribution in [2.24, 2.45) is 0 Å². The normalized spacial score (nSPS) is 10.3. The Kier molecular flexibility index (Phi) is 13.6. The summed E-state index contributed by atoms with van der Waals surface area (Å²) < 4.78 is 0. The smallest absolute Gasteiger partial charge is 0.187 e. The van der Waals surface area contributed by atoms with Gasteiger partial charge in [0.25, 0.3) is 0 Å². The third-order valence-corrected chi connectivity index (χ3v) is 2.89. The summed E-state index contributed by atoms with van der Waals surface area (Å²) in [6, 6.07) is 0. The summed E-state index contributed by atoms with van der Waals surface area (Å²) in [4.78, 5) is 20.9. The van der Waals surface area contributed by atoms with Gasteiger partial charge in [-0.2, -0.15) is 9.68 Å². The van der Waals surface area contributed by atoms with E-state index in [4.69, 9.17) is 9.68 Å². The van der Waals surface area contributed by atoms with E-state index in [0.717, 1.165) is 25.7 Å². The Morgan fingerprint density at radius 2 is 1.06 bits per heavy atom. The SMILES string of the molecule is CCCCCCCO[N+](=O)OCCCCCCC. The Morgan fingerprint density at radius 1 is 0.667 bits per heavy atom. The molecule has 0 amide bonds. The lowest BCUT2D eigenvalue weighted by Crippen LogP contribution is -2.12. The lowest BCUT2D eigenvalue weighted by molar-refractivity contribution is -0.981. The monoisotopic (exact) mass is 260 g/mol. The van der Waals surface area contributed by atoms with E-state index in [1.54, 1.807) is 0 Å². The molecular weight excluding hydrogens is 230 g/mol. The quantitative estimate of drug-likeness (QED) is 0.339. The van der Waals surface area contributed by atoms with E-state index in [2.05, 4.69) is 13.8 Å². The van der Waals surface area contributed by atoms with Crippen LogP contribution in [-0.2, 0) is 9.68 Å². The highest BCUT2D eigenvalue weighted by molar-refractivity contribution is 4.40. The first-order valence-electron chi connectivity index (χ1n) is 7.54. The van der Waals surface area contributed by atoms with Crippen LogP contribution >= 0.6 is 0 Å². The largest absolute Gasteiger partial charge is 0.477 e. The Labute approximate surface area is 112 Å². The van der Waals surface area contributed by atoms with E-state index >= 15 is 0 Å². The second kappa shape index (κ2) is 14.3. The molecule has 0 aromatic heterocycles. The van der Waals surface area contributed by atoms with Crippen molar-refractivity contribution >= 4 is 0 Å². The highest BCUT2D eigenvalue weighted by Crippen LogP contribution is 2.04. The van der Waals surface area contributed by atoms with Crippen LogP contribution in [0.2, 0.25) is 0 Å². The molecule has 4 heteroatoms. The topological polar surface area (TPSA) is 38.5 Å². The second-order valence-electron chi connectivity index (χ2n) is 4.72. The summed E-state index contributed by atoms with van der Waals surface area (Å²) in [5.41, 5.74) is 0. The Bertz CT molecular complexity index is 168. The molecule has 0 aromatic carbocycles. The van der Waals surface area contributed by atoms with Crippen molar-refractivity contribution in [3.8, 4) is 0 Å². The molecule has 0 aliphatic rings. The molecule has 0 bridgehead atoms. The number of nitrogens with zero attached hydrogens (tertiary/aromatic N) is 1. The zero-order chi connectivity index (χ0) is 13.5. The molecular formula is C14H30NO3+. The molecule has 0 aromatic rings. The zero-order valence-electron chi connectivity index (χ0n) is 12.2. The van der Waals surface area contributed by atoms with Crippen LogP contribution in [0.3, 0.4) is 0 Å². The highest BCUT2D eigenvalue weighted by atomic mass is 17.0. The van der Waals surface area contributed by atoms with E-state index in [1.165, 1.54) is 38.5 Å². The van der Waals surface area contributed by atoms with Crippen LogP contribution in [-0.4, -0.2) is 18.3 Å². The van der Waals surface area contributed by atoms with Crippen molar-refractivity contribution in [2.75, 3.05) is 13.2 Å². The Morgan fingerprint density at radius 3 is 1.44 bits per heavy atom. The molecule has 0 saturated heterocycles. The summed E-state index contributed by atoms with van der Waals surface area (Å²) in [5, 5.41) is 0.277. The van der Waals surface area contributed by atoms with Gasteiger partial charge in [0.2, 0.25) is 0 Å². The van der Waals surface area contributed by atoms with E-state index in [1.807, 2.05) is 0 Å². The average Bonchev–Trinajstić information content (AvgIpc) is 2.38. The fourth-order valence-electron chi connectivity index (χ4n) is 1.73. The molecule has 18 heavy (non-hydrogen) atoms. The standard InChI is InChI=1S/C14H30NO3/c1-3-5-7-9-11-13-17-15(16)18-14-12-10-8-6-4-2/h3-14H2,1-2H3/q+1. The first kappa shape index (κ1) is 17.2. The number of rotatable bonds is 14. The molecule has 0 atom stereocenters. The molecule has 0 saturated carbocycles. The van der Waals surface area contributed by atoms with Crippen molar-refractivity contribution in [2.45, 2.75) is 78.1 Å². The fourth-order valence-corrected chi connectivity index (χ4v) is 1.73. The molecule has 4 nitrogen and oxygen atoms in total. The third-order valence-electron chi connectivity index (χ3n) is 2.89. The zero-order valence-corrected chi connectivity index (χ0v) is 12.2. The first-order chi connectivity index (χ1) is 8.81. The molecule has 0 aliphatic carbocycles. The van der Waals surface area contributed by atoms with Gasteiger partial charge in [0, 0.05) is 0 Å². The fraction of sp³-hybridized carbons (Fsp3) is 1.00. The predicted molar refractivity (Wildman–Crippen MR) is 73.0 cm³/mol. The van der Waals surface area contributed by atoms with Crippen molar-refractivity contribution < 1.29 is 14.8 Å². The van der Waals surface area contributed by atoms with Gasteiger partial charge >= 0.3 is 5.09 Å². The molecule has 0 fully saturated rings. The molecule has 108 valence electrons. The van der Waals surface area contributed by atoms with Crippen molar-refractivity contribution in [3.05, 3.63) is 4.91 Å². The molecule has 0 rings (SSSR count). The summed E-state index contributed by atoms with van der Waals surface area (Å²) in [6.07, 6.45) is 11.5. The second-order valence-corrected chi connectivity index (χ2v) is 4.72. The van der Waals surface area contributed by atoms with E-state index in [-0.39, 0.29) is 5.09 Å². The number of hydrogen-bond acceptors (Lipinski definition) is 3. The van der Waals surface area contributed by atoms with Gasteiger partial charge in [0.05, 0.1) is 0 Å². The van der Waals surface area contributed by atoms with Crippen LogP contribution in [0, 0.1) is 4.91 Å². The lowest BCUT2D eigenvalue weighted by Gasteiger charge is -1.98. The maximum absolute atomic E-state index is 11.1. The van der Waals surface area contributed by atoms with E-state index in [9.17, 15) is 4.91 Å². The molecule has 0 unspecified atom stereocenters. The van der Waals surface area contributed by atoms with Gasteiger partial charge in [-0.25, -0.2) is 0 Å². The van der Waals surface area contributed by atoms with Gasteiger partial charge in [-0.3, -0.25) is 0 Å². The van der Waals surface area contributed by atoms with Gasteiger partial charge in [0.15, 0.2) is 13.2 Å². The van der Waals surface area contributed by atoms with Gasteiger partial charge in [-0.1, -0.05) is 52.4 Å². The van der Waals surface area contributed by atoms with Gasteiger partial charge in [0.1, 0.15) is 4.91 Å². The molecule has 0 aliphatic heterocycles. The van der Waals surface area contributed by atoms with Crippen molar-refractivity contribution in [3.63, 3.8) is 0 Å².